The van der Waals surface area contributed by atoms with Crippen molar-refractivity contribution in [2.45, 2.75) is 0 Å². The van der Waals surface area contributed by atoms with E-state index in [1.807, 2.05) is 0 Å². The van der Waals surface area contributed by atoms with Crippen LogP contribution in [-0.2, 0) is 0 Å². The van der Waals surface area contributed by atoms with Crippen molar-refractivity contribution in [1.82, 2.24) is 4.98 Å². The van der Waals surface area contributed by atoms with Crippen LogP contribution in [0.3, 0.4) is 0 Å². The first-order chi connectivity index (χ1) is 9.01. The summed E-state index contributed by atoms with van der Waals surface area (Å²) < 4.78 is 0. The number of rotatable bonds is 7. The third-order valence-electron chi connectivity index (χ3n) is 2.34. The van der Waals surface area contributed by atoms with E-state index in [1.54, 1.807) is 11.0 Å². The van der Waals surface area contributed by atoms with Gasteiger partial charge in [-0.25, -0.2) is 9.78 Å². The molecule has 0 bridgehead atoms. The van der Waals surface area contributed by atoms with E-state index in [0.29, 0.717) is 6.54 Å². The molecule has 0 saturated carbocycles. The molecule has 0 aliphatic rings. The van der Waals surface area contributed by atoms with Crippen LogP contribution in [0.15, 0.2) is 24.9 Å². The van der Waals surface area contributed by atoms with Crippen molar-refractivity contribution in [3.63, 3.8) is 0 Å². The van der Waals surface area contributed by atoms with Crippen LogP contribution >= 0.6 is 0 Å². The maximum atomic E-state index is 11.0. The van der Waals surface area contributed by atoms with Crippen molar-refractivity contribution in [3.8, 4) is 0 Å². The fourth-order valence-electron chi connectivity index (χ4n) is 1.50. The molecule has 0 saturated heterocycles. The van der Waals surface area contributed by atoms with Gasteiger partial charge >= 0.3 is 11.7 Å². The lowest BCUT2D eigenvalue weighted by Crippen LogP contribution is -2.27. The number of aromatic carboxylic acids is 1. The number of nitrogens with zero attached hydrogens (tertiary/aromatic N) is 3. The maximum absolute atomic E-state index is 11.0. The highest BCUT2D eigenvalue weighted by Crippen LogP contribution is 2.22. The summed E-state index contributed by atoms with van der Waals surface area (Å²) in [5, 5.41) is 28.6. The summed E-state index contributed by atoms with van der Waals surface area (Å²) in [4.78, 5) is 26.3. The molecule has 19 heavy (non-hydrogen) atoms. The number of carbonyl (C=O) groups is 1. The molecule has 0 atom stereocenters. The standard InChI is InChI=1S/C11H13N3O5/c1-2-3-13(4-5-15)10-6-8(11(16)17)9(7-12-10)14(18)19/h2,6-7,15H,1,3-5H2,(H,16,17). The SMILES string of the molecule is C=CCN(CCO)c1cc(C(=O)O)c([N+](=O)[O-])cn1. The number of aliphatic hydroxyl groups is 1. The van der Waals surface area contributed by atoms with E-state index >= 15 is 0 Å². The zero-order valence-electron chi connectivity index (χ0n) is 10.0. The molecule has 1 aromatic rings. The van der Waals surface area contributed by atoms with Gasteiger partial charge in [0.25, 0.3) is 0 Å². The average molecular weight is 267 g/mol. The summed E-state index contributed by atoms with van der Waals surface area (Å²) in [7, 11) is 0. The Kier molecular flexibility index (Phi) is 4.95. The summed E-state index contributed by atoms with van der Waals surface area (Å²) in [6.45, 7) is 3.93. The molecule has 0 fully saturated rings. The van der Waals surface area contributed by atoms with E-state index in [-0.39, 0.29) is 19.0 Å². The number of carboxylic acid groups (broad SMARTS) is 1. The molecule has 8 heteroatoms. The molecular formula is C11H13N3O5. The van der Waals surface area contributed by atoms with Gasteiger partial charge in [0.2, 0.25) is 0 Å². The number of pyridine rings is 1. The second-order valence-corrected chi connectivity index (χ2v) is 3.58. The Morgan fingerprint density at radius 2 is 2.32 bits per heavy atom. The maximum Gasteiger partial charge on any atom is 0.342 e. The largest absolute Gasteiger partial charge is 0.477 e. The Bertz CT molecular complexity index is 503. The molecule has 2 N–H and O–H groups in total. The van der Waals surface area contributed by atoms with Gasteiger partial charge in [0.1, 0.15) is 17.6 Å². The lowest BCUT2D eigenvalue weighted by Gasteiger charge is -2.21. The fraction of sp³-hybridized carbons (Fsp3) is 0.273. The van der Waals surface area contributed by atoms with Crippen LogP contribution in [-0.4, -0.2) is 45.8 Å². The van der Waals surface area contributed by atoms with Crippen molar-refractivity contribution < 1.29 is 19.9 Å². The summed E-state index contributed by atoms with van der Waals surface area (Å²) >= 11 is 0. The zero-order chi connectivity index (χ0) is 14.4. The number of aromatic nitrogens is 1. The van der Waals surface area contributed by atoms with Crippen LogP contribution < -0.4 is 4.90 Å². The van der Waals surface area contributed by atoms with Crippen molar-refractivity contribution in [2.75, 3.05) is 24.6 Å². The van der Waals surface area contributed by atoms with E-state index < -0.39 is 22.1 Å². The quantitative estimate of drug-likeness (QED) is 0.423. The number of hydrogen-bond acceptors (Lipinski definition) is 6. The van der Waals surface area contributed by atoms with Crippen LogP contribution in [0.1, 0.15) is 10.4 Å². The predicted molar refractivity (Wildman–Crippen MR) is 67.3 cm³/mol. The molecule has 0 unspecified atom stereocenters. The molecule has 1 aromatic heterocycles. The Labute approximate surface area is 108 Å². The van der Waals surface area contributed by atoms with Gasteiger partial charge in [-0.3, -0.25) is 10.1 Å². The first kappa shape index (κ1) is 14.6. The van der Waals surface area contributed by atoms with Gasteiger partial charge in [0, 0.05) is 19.2 Å². The van der Waals surface area contributed by atoms with E-state index in [9.17, 15) is 14.9 Å². The van der Waals surface area contributed by atoms with E-state index in [0.717, 1.165) is 12.3 Å². The predicted octanol–water partition coefficient (Wildman–Crippen LogP) is 0.673. The summed E-state index contributed by atoms with van der Waals surface area (Å²) in [6.07, 6.45) is 2.45. The third kappa shape index (κ3) is 3.49. The molecule has 0 aromatic carbocycles. The molecule has 102 valence electrons. The molecule has 0 radical (unpaired) electrons. The second kappa shape index (κ2) is 6.45. The fourth-order valence-corrected chi connectivity index (χ4v) is 1.50. The van der Waals surface area contributed by atoms with Crippen molar-refractivity contribution in [3.05, 3.63) is 40.6 Å². The van der Waals surface area contributed by atoms with Gasteiger partial charge in [-0.1, -0.05) is 6.08 Å². The summed E-state index contributed by atoms with van der Waals surface area (Å²) in [5.74, 6) is -1.17. The third-order valence-corrected chi connectivity index (χ3v) is 2.34. The Hall–Kier alpha value is -2.48. The van der Waals surface area contributed by atoms with Gasteiger partial charge in [0.15, 0.2) is 0 Å². The minimum atomic E-state index is -1.40. The Morgan fingerprint density at radius 3 is 2.79 bits per heavy atom. The lowest BCUT2D eigenvalue weighted by molar-refractivity contribution is -0.385. The minimum Gasteiger partial charge on any atom is -0.477 e. The Balaban J connectivity index is 3.22. The van der Waals surface area contributed by atoms with Gasteiger partial charge < -0.3 is 15.1 Å². The molecule has 1 rings (SSSR count). The highest BCUT2D eigenvalue weighted by atomic mass is 16.6. The van der Waals surface area contributed by atoms with Gasteiger partial charge in [-0.2, -0.15) is 0 Å². The van der Waals surface area contributed by atoms with Crippen LogP contribution in [0.4, 0.5) is 11.5 Å². The first-order valence-corrected chi connectivity index (χ1v) is 5.35. The van der Waals surface area contributed by atoms with Crippen LogP contribution in [0, 0.1) is 10.1 Å². The minimum absolute atomic E-state index is 0.158. The lowest BCUT2D eigenvalue weighted by atomic mass is 10.2. The molecule has 0 amide bonds. The topological polar surface area (TPSA) is 117 Å². The molecular weight excluding hydrogens is 254 g/mol. The zero-order valence-corrected chi connectivity index (χ0v) is 10.0. The second-order valence-electron chi connectivity index (χ2n) is 3.58. The highest BCUT2D eigenvalue weighted by molar-refractivity contribution is 5.93. The van der Waals surface area contributed by atoms with Crippen molar-refractivity contribution in [1.29, 1.82) is 0 Å². The van der Waals surface area contributed by atoms with E-state index in [4.69, 9.17) is 10.2 Å². The smallest absolute Gasteiger partial charge is 0.342 e. The molecule has 0 aliphatic carbocycles. The molecule has 0 aliphatic heterocycles. The Morgan fingerprint density at radius 1 is 1.63 bits per heavy atom. The number of carboxylic acids is 1. The first-order valence-electron chi connectivity index (χ1n) is 5.35. The number of aliphatic hydroxyl groups excluding tert-OH is 1. The van der Waals surface area contributed by atoms with E-state index in [2.05, 4.69) is 11.6 Å². The normalized spacial score (nSPS) is 9.95. The summed E-state index contributed by atoms with van der Waals surface area (Å²) in [5.41, 5.74) is -1.01. The van der Waals surface area contributed by atoms with Crippen LogP contribution in [0.2, 0.25) is 0 Å². The monoisotopic (exact) mass is 267 g/mol. The molecule has 1 heterocycles. The van der Waals surface area contributed by atoms with Crippen molar-refractivity contribution in [2.24, 2.45) is 0 Å². The van der Waals surface area contributed by atoms with Crippen LogP contribution in [0.25, 0.3) is 0 Å². The molecule has 0 spiro atoms. The number of nitro groups is 1. The van der Waals surface area contributed by atoms with Gasteiger partial charge in [-0.05, 0) is 0 Å². The van der Waals surface area contributed by atoms with Gasteiger partial charge in [-0.15, -0.1) is 6.58 Å². The van der Waals surface area contributed by atoms with Gasteiger partial charge in [0.05, 0.1) is 11.5 Å². The number of anilines is 1. The average Bonchev–Trinajstić information content (AvgIpc) is 2.37. The molecule has 8 nitrogen and oxygen atoms in total. The van der Waals surface area contributed by atoms with E-state index in [1.165, 1.54) is 0 Å². The number of hydrogen-bond donors (Lipinski definition) is 2. The van der Waals surface area contributed by atoms with Crippen molar-refractivity contribution >= 4 is 17.5 Å². The highest BCUT2D eigenvalue weighted by Gasteiger charge is 2.22. The summed E-state index contributed by atoms with van der Waals surface area (Å²) in [6, 6.07) is 1.11. The van der Waals surface area contributed by atoms with Crippen LogP contribution in [0.5, 0.6) is 0 Å².